The van der Waals surface area contributed by atoms with Crippen LogP contribution in [0.3, 0.4) is 0 Å². The van der Waals surface area contributed by atoms with Gasteiger partial charge in [-0.15, -0.1) is 0 Å². The number of hydrogen-bond acceptors (Lipinski definition) is 2. The molecule has 0 bridgehead atoms. The molecular formula is C16H19BrN2. The SMILES string of the molecule is Cc1ccc(C(NN)c2cccc(Br)c2C)c(C)c1. The lowest BCUT2D eigenvalue weighted by Gasteiger charge is -2.22. The molecule has 0 amide bonds. The Balaban J connectivity index is 2.53. The average Bonchev–Trinajstić information content (AvgIpc) is 2.37. The van der Waals surface area contributed by atoms with E-state index in [0.29, 0.717) is 0 Å². The standard InChI is InChI=1S/C16H19BrN2/c1-10-7-8-13(11(2)9-10)16(19-18)14-5-4-6-15(17)12(14)3/h4-9,16,19H,18H2,1-3H3. The molecule has 0 saturated carbocycles. The Hall–Kier alpha value is -1.16. The lowest BCUT2D eigenvalue weighted by molar-refractivity contribution is 0.630. The molecule has 2 aromatic rings. The van der Waals surface area contributed by atoms with Gasteiger partial charge < -0.3 is 0 Å². The molecule has 1 unspecified atom stereocenters. The maximum Gasteiger partial charge on any atom is 0.0715 e. The number of benzene rings is 2. The van der Waals surface area contributed by atoms with Crippen LogP contribution in [0.1, 0.15) is 33.9 Å². The molecule has 2 rings (SSSR count). The van der Waals surface area contributed by atoms with Gasteiger partial charge in [0.2, 0.25) is 0 Å². The van der Waals surface area contributed by atoms with Crippen LogP contribution in [0.2, 0.25) is 0 Å². The summed E-state index contributed by atoms with van der Waals surface area (Å²) < 4.78 is 1.11. The number of nitrogens with two attached hydrogens (primary N) is 1. The van der Waals surface area contributed by atoms with Gasteiger partial charge in [0.15, 0.2) is 0 Å². The molecule has 0 aromatic heterocycles. The molecule has 3 heteroatoms. The zero-order valence-corrected chi connectivity index (χ0v) is 13.1. The van der Waals surface area contributed by atoms with Crippen molar-refractivity contribution < 1.29 is 0 Å². The van der Waals surface area contributed by atoms with Crippen molar-refractivity contribution in [2.24, 2.45) is 5.84 Å². The lowest BCUT2D eigenvalue weighted by Crippen LogP contribution is -2.30. The van der Waals surface area contributed by atoms with Gasteiger partial charge in [0.25, 0.3) is 0 Å². The Morgan fingerprint density at radius 2 is 1.79 bits per heavy atom. The first-order chi connectivity index (χ1) is 9.04. The normalized spacial score (nSPS) is 12.5. The van der Waals surface area contributed by atoms with Gasteiger partial charge in [-0.3, -0.25) is 5.84 Å². The summed E-state index contributed by atoms with van der Waals surface area (Å²) in [5.74, 6) is 5.80. The molecule has 2 aromatic carbocycles. The molecule has 0 aliphatic rings. The van der Waals surface area contributed by atoms with Crippen LogP contribution in [0.25, 0.3) is 0 Å². The number of hydrogen-bond donors (Lipinski definition) is 2. The summed E-state index contributed by atoms with van der Waals surface area (Å²) in [5.41, 5.74) is 9.09. The fraction of sp³-hybridized carbons (Fsp3) is 0.250. The van der Waals surface area contributed by atoms with Crippen molar-refractivity contribution in [1.82, 2.24) is 5.43 Å². The van der Waals surface area contributed by atoms with E-state index in [-0.39, 0.29) is 6.04 Å². The van der Waals surface area contributed by atoms with Gasteiger partial charge in [0.1, 0.15) is 0 Å². The molecule has 2 nitrogen and oxygen atoms in total. The molecule has 0 aliphatic carbocycles. The number of nitrogens with one attached hydrogen (secondary N) is 1. The third-order valence-electron chi connectivity index (χ3n) is 3.52. The third kappa shape index (κ3) is 2.89. The van der Waals surface area contributed by atoms with Crippen LogP contribution in [-0.2, 0) is 0 Å². The van der Waals surface area contributed by atoms with Gasteiger partial charge in [-0.25, -0.2) is 5.43 Å². The summed E-state index contributed by atoms with van der Waals surface area (Å²) in [6.45, 7) is 6.33. The molecule has 0 spiro atoms. The Kier molecular flexibility index (Phi) is 4.40. The van der Waals surface area contributed by atoms with Crippen LogP contribution < -0.4 is 11.3 Å². The van der Waals surface area contributed by atoms with Crippen LogP contribution in [0.5, 0.6) is 0 Å². The molecule has 3 N–H and O–H groups in total. The van der Waals surface area contributed by atoms with Gasteiger partial charge in [0.05, 0.1) is 6.04 Å². The minimum Gasteiger partial charge on any atom is -0.271 e. The van der Waals surface area contributed by atoms with Crippen molar-refractivity contribution in [3.63, 3.8) is 0 Å². The number of rotatable bonds is 3. The van der Waals surface area contributed by atoms with E-state index in [9.17, 15) is 0 Å². The smallest absolute Gasteiger partial charge is 0.0715 e. The molecular weight excluding hydrogens is 300 g/mol. The third-order valence-corrected chi connectivity index (χ3v) is 4.38. The van der Waals surface area contributed by atoms with Gasteiger partial charge in [0, 0.05) is 4.47 Å². The summed E-state index contributed by atoms with van der Waals surface area (Å²) in [4.78, 5) is 0. The maximum atomic E-state index is 5.80. The highest BCUT2D eigenvalue weighted by Crippen LogP contribution is 2.30. The Labute approximate surface area is 123 Å². The van der Waals surface area contributed by atoms with E-state index in [1.165, 1.54) is 27.8 Å². The monoisotopic (exact) mass is 318 g/mol. The average molecular weight is 319 g/mol. The van der Waals surface area contributed by atoms with E-state index in [2.05, 4.69) is 72.5 Å². The van der Waals surface area contributed by atoms with Crippen LogP contribution in [0.15, 0.2) is 40.9 Å². The van der Waals surface area contributed by atoms with Gasteiger partial charge >= 0.3 is 0 Å². The second-order valence-corrected chi connectivity index (χ2v) is 5.77. The predicted octanol–water partition coefficient (Wildman–Crippen LogP) is 3.93. The van der Waals surface area contributed by atoms with Gasteiger partial charge in [-0.05, 0) is 49.1 Å². The molecule has 0 heterocycles. The van der Waals surface area contributed by atoms with E-state index in [0.717, 1.165) is 4.47 Å². The first-order valence-corrected chi connectivity index (χ1v) is 7.12. The Morgan fingerprint density at radius 1 is 1.05 bits per heavy atom. The van der Waals surface area contributed by atoms with Crippen molar-refractivity contribution in [2.75, 3.05) is 0 Å². The summed E-state index contributed by atoms with van der Waals surface area (Å²) in [5, 5.41) is 0. The Morgan fingerprint density at radius 3 is 2.42 bits per heavy atom. The van der Waals surface area contributed by atoms with E-state index < -0.39 is 0 Å². The van der Waals surface area contributed by atoms with Gasteiger partial charge in [-0.1, -0.05) is 51.8 Å². The zero-order valence-electron chi connectivity index (χ0n) is 11.5. The molecule has 0 radical (unpaired) electrons. The first-order valence-electron chi connectivity index (χ1n) is 6.33. The van der Waals surface area contributed by atoms with Gasteiger partial charge in [-0.2, -0.15) is 0 Å². The molecule has 1 atom stereocenters. The number of halogens is 1. The fourth-order valence-electron chi connectivity index (χ4n) is 2.43. The summed E-state index contributed by atoms with van der Waals surface area (Å²) in [6.07, 6.45) is 0. The molecule has 100 valence electrons. The molecule has 0 saturated heterocycles. The minimum absolute atomic E-state index is 0.0121. The summed E-state index contributed by atoms with van der Waals surface area (Å²) >= 11 is 3.58. The highest BCUT2D eigenvalue weighted by molar-refractivity contribution is 9.10. The van der Waals surface area contributed by atoms with Crippen LogP contribution in [-0.4, -0.2) is 0 Å². The minimum atomic E-state index is 0.0121. The van der Waals surface area contributed by atoms with Crippen molar-refractivity contribution in [3.8, 4) is 0 Å². The largest absolute Gasteiger partial charge is 0.271 e. The van der Waals surface area contributed by atoms with E-state index in [4.69, 9.17) is 5.84 Å². The van der Waals surface area contributed by atoms with Crippen LogP contribution in [0, 0.1) is 20.8 Å². The topological polar surface area (TPSA) is 38.0 Å². The summed E-state index contributed by atoms with van der Waals surface area (Å²) in [6, 6.07) is 12.7. The zero-order chi connectivity index (χ0) is 14.0. The highest BCUT2D eigenvalue weighted by atomic mass is 79.9. The van der Waals surface area contributed by atoms with E-state index >= 15 is 0 Å². The van der Waals surface area contributed by atoms with Crippen molar-refractivity contribution in [1.29, 1.82) is 0 Å². The number of aryl methyl sites for hydroxylation is 2. The molecule has 0 fully saturated rings. The molecule has 0 aliphatic heterocycles. The van der Waals surface area contributed by atoms with Crippen molar-refractivity contribution in [3.05, 3.63) is 68.7 Å². The predicted molar refractivity (Wildman–Crippen MR) is 84.0 cm³/mol. The lowest BCUT2D eigenvalue weighted by atomic mass is 9.92. The Bertz CT molecular complexity index is 593. The quantitative estimate of drug-likeness (QED) is 0.664. The number of hydrazine groups is 1. The maximum absolute atomic E-state index is 5.80. The van der Waals surface area contributed by atoms with E-state index in [1.54, 1.807) is 0 Å². The second-order valence-electron chi connectivity index (χ2n) is 4.91. The highest BCUT2D eigenvalue weighted by Gasteiger charge is 2.17. The second kappa shape index (κ2) is 5.87. The van der Waals surface area contributed by atoms with Crippen LogP contribution >= 0.6 is 15.9 Å². The molecule has 19 heavy (non-hydrogen) atoms. The van der Waals surface area contributed by atoms with Crippen LogP contribution in [0.4, 0.5) is 0 Å². The van der Waals surface area contributed by atoms with Crippen molar-refractivity contribution in [2.45, 2.75) is 26.8 Å². The summed E-state index contributed by atoms with van der Waals surface area (Å²) in [7, 11) is 0. The first kappa shape index (κ1) is 14.3. The van der Waals surface area contributed by atoms with E-state index in [1.807, 2.05) is 6.07 Å². The van der Waals surface area contributed by atoms with Crippen molar-refractivity contribution >= 4 is 15.9 Å². The fourth-order valence-corrected chi connectivity index (χ4v) is 2.82.